The molecule has 18 heavy (non-hydrogen) atoms. The Morgan fingerprint density at radius 2 is 2.11 bits per heavy atom. The number of hydrogen-bond donors (Lipinski definition) is 0. The molecule has 0 fully saturated rings. The molecule has 94 valence electrons. The number of hydrogen-bond acceptors (Lipinski definition) is 3. The number of imidazole rings is 1. The van der Waals surface area contributed by atoms with E-state index in [0.717, 1.165) is 11.6 Å². The quantitative estimate of drug-likeness (QED) is 0.780. The highest BCUT2D eigenvalue weighted by atomic mass is 16.5. The van der Waals surface area contributed by atoms with Crippen molar-refractivity contribution >= 4 is 5.78 Å². The maximum atomic E-state index is 11.7. The van der Waals surface area contributed by atoms with Crippen molar-refractivity contribution in [2.24, 2.45) is 7.05 Å². The van der Waals surface area contributed by atoms with Crippen LogP contribution in [0.25, 0.3) is 0 Å². The lowest BCUT2D eigenvalue weighted by Crippen LogP contribution is -2.13. The number of ketones is 1. The van der Waals surface area contributed by atoms with Gasteiger partial charge in [-0.2, -0.15) is 0 Å². The van der Waals surface area contributed by atoms with E-state index >= 15 is 0 Å². The number of carbonyl (C=O) groups excluding carboxylic acids is 1. The second-order valence-electron chi connectivity index (χ2n) is 4.09. The van der Waals surface area contributed by atoms with E-state index in [-0.39, 0.29) is 12.4 Å². The second-order valence-corrected chi connectivity index (χ2v) is 4.09. The fraction of sp³-hybridized carbons (Fsp3) is 0.286. The number of aryl methyl sites for hydroxylation is 2. The summed E-state index contributed by atoms with van der Waals surface area (Å²) in [6.07, 6.45) is 4.72. The molecule has 2 rings (SSSR count). The molecule has 0 saturated carbocycles. The van der Waals surface area contributed by atoms with Crippen molar-refractivity contribution in [1.82, 2.24) is 9.55 Å². The van der Waals surface area contributed by atoms with Gasteiger partial charge in [-0.05, 0) is 12.1 Å². The molecule has 1 aromatic heterocycles. The third-order valence-electron chi connectivity index (χ3n) is 2.69. The molecule has 4 nitrogen and oxygen atoms in total. The predicted octanol–water partition coefficient (Wildman–Crippen LogP) is 2.00. The number of nitrogens with zero attached hydrogens (tertiary/aromatic N) is 2. The lowest BCUT2D eigenvalue weighted by Gasteiger charge is -2.05. The molecule has 0 bridgehead atoms. The van der Waals surface area contributed by atoms with E-state index in [1.165, 1.54) is 0 Å². The fourth-order valence-electron chi connectivity index (χ4n) is 1.64. The maximum Gasteiger partial charge on any atom is 0.170 e. The SMILES string of the molecule is Cn1ccnc1CCC(=O)COc1ccccc1. The largest absolute Gasteiger partial charge is 0.486 e. The van der Waals surface area contributed by atoms with Gasteiger partial charge in [-0.15, -0.1) is 0 Å². The highest BCUT2D eigenvalue weighted by Gasteiger charge is 2.06. The van der Waals surface area contributed by atoms with Crippen LogP contribution in [0, 0.1) is 0 Å². The lowest BCUT2D eigenvalue weighted by molar-refractivity contribution is -0.121. The first kappa shape index (κ1) is 12.4. The van der Waals surface area contributed by atoms with E-state index in [4.69, 9.17) is 4.74 Å². The van der Waals surface area contributed by atoms with Crippen LogP contribution < -0.4 is 4.74 Å². The summed E-state index contributed by atoms with van der Waals surface area (Å²) in [6.45, 7) is 0.119. The Balaban J connectivity index is 1.75. The molecule has 0 saturated heterocycles. The van der Waals surface area contributed by atoms with Crippen LogP contribution in [0.4, 0.5) is 0 Å². The van der Waals surface area contributed by atoms with Crippen LogP contribution in [0.15, 0.2) is 42.7 Å². The van der Waals surface area contributed by atoms with Gasteiger partial charge in [-0.3, -0.25) is 4.79 Å². The Bertz CT molecular complexity index is 506. The summed E-state index contributed by atoms with van der Waals surface area (Å²) in [5.41, 5.74) is 0. The molecule has 0 atom stereocenters. The van der Waals surface area contributed by atoms with Gasteiger partial charge in [0.05, 0.1) is 0 Å². The Hall–Kier alpha value is -2.10. The van der Waals surface area contributed by atoms with Gasteiger partial charge in [0.1, 0.15) is 18.2 Å². The number of aromatic nitrogens is 2. The van der Waals surface area contributed by atoms with Crippen molar-refractivity contribution < 1.29 is 9.53 Å². The molecule has 0 spiro atoms. The predicted molar refractivity (Wildman–Crippen MR) is 68.5 cm³/mol. The molecule has 0 radical (unpaired) electrons. The zero-order chi connectivity index (χ0) is 12.8. The summed E-state index contributed by atoms with van der Waals surface area (Å²) in [6, 6.07) is 9.36. The average Bonchev–Trinajstić information content (AvgIpc) is 2.81. The first-order valence-electron chi connectivity index (χ1n) is 5.91. The van der Waals surface area contributed by atoms with Gasteiger partial charge < -0.3 is 9.30 Å². The number of ether oxygens (including phenoxy) is 1. The molecular formula is C14H16N2O2. The van der Waals surface area contributed by atoms with Crippen molar-refractivity contribution in [2.45, 2.75) is 12.8 Å². The van der Waals surface area contributed by atoms with Crippen LogP contribution in [-0.2, 0) is 18.3 Å². The van der Waals surface area contributed by atoms with Crippen molar-refractivity contribution in [3.05, 3.63) is 48.5 Å². The van der Waals surface area contributed by atoms with Gasteiger partial charge in [0.25, 0.3) is 0 Å². The maximum absolute atomic E-state index is 11.7. The van der Waals surface area contributed by atoms with E-state index in [9.17, 15) is 4.79 Å². The van der Waals surface area contributed by atoms with Gasteiger partial charge in [0, 0.05) is 32.3 Å². The number of rotatable bonds is 6. The summed E-state index contributed by atoms with van der Waals surface area (Å²) < 4.78 is 7.31. The third kappa shape index (κ3) is 3.45. The topological polar surface area (TPSA) is 44.1 Å². The van der Waals surface area contributed by atoms with E-state index in [1.54, 1.807) is 6.20 Å². The minimum Gasteiger partial charge on any atom is -0.486 e. The Labute approximate surface area is 106 Å². The lowest BCUT2D eigenvalue weighted by atomic mass is 10.2. The van der Waals surface area contributed by atoms with Crippen LogP contribution in [0.1, 0.15) is 12.2 Å². The Morgan fingerprint density at radius 3 is 2.78 bits per heavy atom. The number of Topliss-reactive ketones (excluding diaryl/α,β-unsaturated/α-hetero) is 1. The molecule has 1 heterocycles. The molecule has 0 aliphatic rings. The standard InChI is InChI=1S/C14H16N2O2/c1-16-10-9-15-14(16)8-7-12(17)11-18-13-5-3-2-4-6-13/h2-6,9-10H,7-8,11H2,1H3. The normalized spacial score (nSPS) is 10.3. The van der Waals surface area contributed by atoms with Crippen LogP contribution in [0.3, 0.4) is 0 Å². The van der Waals surface area contributed by atoms with Gasteiger partial charge in [-0.1, -0.05) is 18.2 Å². The number of para-hydroxylation sites is 1. The molecule has 0 amide bonds. The number of benzene rings is 1. The smallest absolute Gasteiger partial charge is 0.170 e. The summed E-state index contributed by atoms with van der Waals surface area (Å²) in [7, 11) is 1.92. The Morgan fingerprint density at radius 1 is 1.33 bits per heavy atom. The highest BCUT2D eigenvalue weighted by Crippen LogP contribution is 2.08. The van der Waals surface area contributed by atoms with Gasteiger partial charge in [0.15, 0.2) is 5.78 Å². The van der Waals surface area contributed by atoms with E-state index in [1.807, 2.05) is 48.1 Å². The summed E-state index contributed by atoms with van der Waals surface area (Å²) in [5, 5.41) is 0. The van der Waals surface area contributed by atoms with E-state index in [2.05, 4.69) is 4.98 Å². The van der Waals surface area contributed by atoms with Crippen LogP contribution in [0.2, 0.25) is 0 Å². The van der Waals surface area contributed by atoms with Crippen LogP contribution >= 0.6 is 0 Å². The summed E-state index contributed by atoms with van der Waals surface area (Å²) >= 11 is 0. The minimum absolute atomic E-state index is 0.0850. The van der Waals surface area contributed by atoms with Crippen molar-refractivity contribution in [3.63, 3.8) is 0 Å². The highest BCUT2D eigenvalue weighted by molar-refractivity contribution is 5.80. The zero-order valence-electron chi connectivity index (χ0n) is 10.4. The van der Waals surface area contributed by atoms with E-state index in [0.29, 0.717) is 12.8 Å². The molecule has 0 aliphatic heterocycles. The van der Waals surface area contributed by atoms with Crippen molar-refractivity contribution in [1.29, 1.82) is 0 Å². The summed E-state index contributed by atoms with van der Waals surface area (Å²) in [5.74, 6) is 1.73. The van der Waals surface area contributed by atoms with Crippen molar-refractivity contribution in [3.8, 4) is 5.75 Å². The fourth-order valence-corrected chi connectivity index (χ4v) is 1.64. The molecule has 2 aromatic rings. The first-order valence-corrected chi connectivity index (χ1v) is 5.91. The molecule has 4 heteroatoms. The minimum atomic E-state index is 0.0850. The van der Waals surface area contributed by atoms with Gasteiger partial charge >= 0.3 is 0 Å². The number of carbonyl (C=O) groups is 1. The monoisotopic (exact) mass is 244 g/mol. The van der Waals surface area contributed by atoms with E-state index < -0.39 is 0 Å². The molecule has 0 unspecified atom stereocenters. The Kier molecular flexibility index (Phi) is 4.12. The molecule has 1 aromatic carbocycles. The molecule has 0 aliphatic carbocycles. The average molecular weight is 244 g/mol. The van der Waals surface area contributed by atoms with Gasteiger partial charge in [0.2, 0.25) is 0 Å². The summed E-state index contributed by atoms with van der Waals surface area (Å²) in [4.78, 5) is 15.8. The third-order valence-corrected chi connectivity index (χ3v) is 2.69. The van der Waals surface area contributed by atoms with Crippen LogP contribution in [-0.4, -0.2) is 21.9 Å². The zero-order valence-corrected chi connectivity index (χ0v) is 10.4. The molecular weight excluding hydrogens is 228 g/mol. The first-order chi connectivity index (χ1) is 8.75. The van der Waals surface area contributed by atoms with Crippen LogP contribution in [0.5, 0.6) is 5.75 Å². The van der Waals surface area contributed by atoms with Gasteiger partial charge in [-0.25, -0.2) is 4.98 Å². The van der Waals surface area contributed by atoms with Crippen molar-refractivity contribution in [2.75, 3.05) is 6.61 Å². The molecule has 0 N–H and O–H groups in total. The second kappa shape index (κ2) is 6.00.